The summed E-state index contributed by atoms with van der Waals surface area (Å²) in [6, 6.07) is 9.31. The van der Waals surface area contributed by atoms with Gasteiger partial charge < -0.3 is 9.84 Å². The fourth-order valence-electron chi connectivity index (χ4n) is 2.02. The molecule has 0 aliphatic rings. The number of benzene rings is 2. The number of hydrogen-bond acceptors (Lipinski definition) is 4. The normalized spacial score (nSPS) is 10.2. The Balaban J connectivity index is 2.49. The minimum Gasteiger partial charge on any atom is -0.478 e. The molecule has 6 nitrogen and oxygen atoms in total. The molecule has 2 aromatic rings. The van der Waals surface area contributed by atoms with Gasteiger partial charge in [-0.2, -0.15) is 0 Å². The number of aromatic carboxylic acids is 1. The predicted octanol–water partition coefficient (Wildman–Crippen LogP) is 3.70. The van der Waals surface area contributed by atoms with Gasteiger partial charge in [0, 0.05) is 11.1 Å². The van der Waals surface area contributed by atoms with Crippen LogP contribution in [0.25, 0.3) is 0 Å². The van der Waals surface area contributed by atoms with E-state index >= 15 is 0 Å². The Morgan fingerprint density at radius 1 is 1.14 bits per heavy atom. The molecule has 2 rings (SSSR count). The molecule has 0 heterocycles. The minimum atomic E-state index is -1.07. The fourth-order valence-corrected chi connectivity index (χ4v) is 2.02. The zero-order valence-electron chi connectivity index (χ0n) is 11.5. The number of rotatable bonds is 4. The lowest BCUT2D eigenvalue weighted by atomic mass is 10.1. The monoisotopic (exact) mass is 287 g/mol. The average molecular weight is 287 g/mol. The van der Waals surface area contributed by atoms with Crippen molar-refractivity contribution < 1.29 is 19.6 Å². The molecule has 0 aromatic heterocycles. The smallest absolute Gasteiger partial charge is 0.336 e. The van der Waals surface area contributed by atoms with Crippen LogP contribution in [0.2, 0.25) is 0 Å². The average Bonchev–Trinajstić information content (AvgIpc) is 2.40. The number of nitro benzene ring substituents is 1. The van der Waals surface area contributed by atoms with E-state index in [4.69, 9.17) is 9.84 Å². The first-order chi connectivity index (χ1) is 9.91. The highest BCUT2D eigenvalue weighted by molar-refractivity contribution is 5.90. The molecule has 0 saturated carbocycles. The van der Waals surface area contributed by atoms with Gasteiger partial charge >= 0.3 is 11.7 Å². The predicted molar refractivity (Wildman–Crippen MR) is 76.0 cm³/mol. The molecule has 2 aromatic carbocycles. The first kappa shape index (κ1) is 14.5. The number of carbonyl (C=O) groups is 1. The number of para-hydroxylation sites is 1. The molecule has 0 bridgehead atoms. The summed E-state index contributed by atoms with van der Waals surface area (Å²) < 4.78 is 5.57. The van der Waals surface area contributed by atoms with E-state index in [1.165, 1.54) is 18.2 Å². The van der Waals surface area contributed by atoms with Crippen LogP contribution in [0.4, 0.5) is 5.69 Å². The number of nitrogens with zero attached hydrogens (tertiary/aromatic N) is 1. The van der Waals surface area contributed by atoms with E-state index in [1.807, 2.05) is 0 Å². The molecular formula is C15H13NO5. The van der Waals surface area contributed by atoms with Gasteiger partial charge in [0.25, 0.3) is 0 Å². The van der Waals surface area contributed by atoms with Gasteiger partial charge in [-0.25, -0.2) is 4.79 Å². The molecule has 0 aliphatic heterocycles. The number of ether oxygens (including phenoxy) is 1. The van der Waals surface area contributed by atoms with Gasteiger partial charge in [0.2, 0.25) is 5.75 Å². The van der Waals surface area contributed by atoms with E-state index in [9.17, 15) is 14.9 Å². The SMILES string of the molecule is Cc1cccc(Oc2cccc(C(=O)O)c2C)c1[N+](=O)[O-]. The van der Waals surface area contributed by atoms with Gasteiger partial charge in [-0.15, -0.1) is 0 Å². The van der Waals surface area contributed by atoms with Crippen LogP contribution in [0, 0.1) is 24.0 Å². The Kier molecular flexibility index (Phi) is 3.89. The maximum absolute atomic E-state index is 11.1. The third kappa shape index (κ3) is 2.84. The Labute approximate surface area is 120 Å². The topological polar surface area (TPSA) is 89.7 Å². The highest BCUT2D eigenvalue weighted by Gasteiger charge is 2.20. The van der Waals surface area contributed by atoms with E-state index < -0.39 is 10.9 Å². The summed E-state index contributed by atoms with van der Waals surface area (Å²) in [4.78, 5) is 21.7. The van der Waals surface area contributed by atoms with Gasteiger partial charge in [0.1, 0.15) is 5.75 Å². The maximum atomic E-state index is 11.1. The Bertz CT molecular complexity index is 724. The van der Waals surface area contributed by atoms with Crippen molar-refractivity contribution >= 4 is 11.7 Å². The van der Waals surface area contributed by atoms with E-state index in [2.05, 4.69) is 0 Å². The number of aryl methyl sites for hydroxylation is 1. The Hall–Kier alpha value is -2.89. The lowest BCUT2D eigenvalue weighted by Gasteiger charge is -2.11. The molecule has 0 spiro atoms. The second-order valence-electron chi connectivity index (χ2n) is 4.51. The molecule has 1 N–H and O–H groups in total. The third-order valence-electron chi connectivity index (χ3n) is 3.12. The fraction of sp³-hybridized carbons (Fsp3) is 0.133. The van der Waals surface area contributed by atoms with Crippen molar-refractivity contribution in [2.24, 2.45) is 0 Å². The highest BCUT2D eigenvalue weighted by Crippen LogP contribution is 2.35. The van der Waals surface area contributed by atoms with E-state index in [0.717, 1.165) is 0 Å². The third-order valence-corrected chi connectivity index (χ3v) is 3.12. The van der Waals surface area contributed by atoms with E-state index in [-0.39, 0.29) is 22.7 Å². The van der Waals surface area contributed by atoms with Crippen molar-refractivity contribution in [3.8, 4) is 11.5 Å². The zero-order chi connectivity index (χ0) is 15.6. The van der Waals surface area contributed by atoms with E-state index in [1.54, 1.807) is 32.0 Å². The first-order valence-corrected chi connectivity index (χ1v) is 6.16. The molecule has 0 aliphatic carbocycles. The van der Waals surface area contributed by atoms with Crippen molar-refractivity contribution in [2.45, 2.75) is 13.8 Å². The standard InChI is InChI=1S/C15H13NO5/c1-9-5-3-8-13(14(9)16(19)20)21-12-7-4-6-11(10(12)2)15(17)18/h3-8H,1-2H3,(H,17,18). The van der Waals surface area contributed by atoms with Gasteiger partial charge in [0.15, 0.2) is 0 Å². The van der Waals surface area contributed by atoms with Crippen molar-refractivity contribution in [3.63, 3.8) is 0 Å². The van der Waals surface area contributed by atoms with Crippen LogP contribution in [-0.4, -0.2) is 16.0 Å². The molecule has 6 heteroatoms. The maximum Gasteiger partial charge on any atom is 0.336 e. The summed E-state index contributed by atoms with van der Waals surface area (Å²) in [5, 5.41) is 20.2. The molecular weight excluding hydrogens is 274 g/mol. The summed E-state index contributed by atoms with van der Waals surface area (Å²) in [6.45, 7) is 3.21. The van der Waals surface area contributed by atoms with Gasteiger partial charge in [-0.3, -0.25) is 10.1 Å². The lowest BCUT2D eigenvalue weighted by Crippen LogP contribution is -2.02. The number of nitro groups is 1. The number of carboxylic acid groups (broad SMARTS) is 1. The van der Waals surface area contributed by atoms with Crippen molar-refractivity contribution in [1.82, 2.24) is 0 Å². The second kappa shape index (κ2) is 5.62. The highest BCUT2D eigenvalue weighted by atomic mass is 16.6. The molecule has 0 saturated heterocycles. The first-order valence-electron chi connectivity index (χ1n) is 6.16. The zero-order valence-corrected chi connectivity index (χ0v) is 11.5. The molecule has 0 amide bonds. The number of hydrogen-bond donors (Lipinski definition) is 1. The summed E-state index contributed by atoms with van der Waals surface area (Å²) in [5.41, 5.74) is 0.866. The number of carboxylic acids is 1. The second-order valence-corrected chi connectivity index (χ2v) is 4.51. The van der Waals surface area contributed by atoms with Crippen LogP contribution < -0.4 is 4.74 Å². The summed E-state index contributed by atoms with van der Waals surface area (Å²) in [7, 11) is 0. The quantitative estimate of drug-likeness (QED) is 0.684. The van der Waals surface area contributed by atoms with E-state index in [0.29, 0.717) is 11.1 Å². The largest absolute Gasteiger partial charge is 0.478 e. The molecule has 0 fully saturated rings. The summed E-state index contributed by atoms with van der Waals surface area (Å²) in [6.07, 6.45) is 0. The van der Waals surface area contributed by atoms with Gasteiger partial charge in [-0.1, -0.05) is 18.2 Å². The summed E-state index contributed by atoms with van der Waals surface area (Å²) >= 11 is 0. The van der Waals surface area contributed by atoms with Crippen LogP contribution in [0.1, 0.15) is 21.5 Å². The van der Waals surface area contributed by atoms with Gasteiger partial charge in [0.05, 0.1) is 10.5 Å². The molecule has 0 radical (unpaired) electrons. The van der Waals surface area contributed by atoms with Crippen molar-refractivity contribution in [1.29, 1.82) is 0 Å². The molecule has 0 atom stereocenters. The lowest BCUT2D eigenvalue weighted by molar-refractivity contribution is -0.386. The molecule has 108 valence electrons. The van der Waals surface area contributed by atoms with Crippen LogP contribution in [0.5, 0.6) is 11.5 Å². The van der Waals surface area contributed by atoms with Gasteiger partial charge in [-0.05, 0) is 32.0 Å². The Morgan fingerprint density at radius 2 is 1.76 bits per heavy atom. The van der Waals surface area contributed by atoms with Crippen LogP contribution in [0.15, 0.2) is 36.4 Å². The van der Waals surface area contributed by atoms with Crippen LogP contribution in [0.3, 0.4) is 0 Å². The van der Waals surface area contributed by atoms with Crippen LogP contribution >= 0.6 is 0 Å². The summed E-state index contributed by atoms with van der Waals surface area (Å²) in [5.74, 6) is -0.703. The van der Waals surface area contributed by atoms with Crippen molar-refractivity contribution in [2.75, 3.05) is 0 Å². The van der Waals surface area contributed by atoms with Crippen molar-refractivity contribution in [3.05, 3.63) is 63.2 Å². The van der Waals surface area contributed by atoms with Crippen LogP contribution in [-0.2, 0) is 0 Å². The molecule has 21 heavy (non-hydrogen) atoms. The Morgan fingerprint density at radius 3 is 2.38 bits per heavy atom. The minimum absolute atomic E-state index is 0.0886. The molecule has 0 unspecified atom stereocenters.